The van der Waals surface area contributed by atoms with Crippen molar-refractivity contribution in [1.82, 2.24) is 15.1 Å². The number of hydrogen-bond acceptors (Lipinski definition) is 8. The molecule has 0 radical (unpaired) electrons. The molecule has 216 valence electrons. The second-order valence-corrected chi connectivity index (χ2v) is 11.7. The van der Waals surface area contributed by atoms with Gasteiger partial charge in [0.1, 0.15) is 23.2 Å². The van der Waals surface area contributed by atoms with Gasteiger partial charge in [-0.25, -0.2) is 13.8 Å². The normalized spacial score (nSPS) is 20.9. The van der Waals surface area contributed by atoms with Gasteiger partial charge in [0.2, 0.25) is 0 Å². The third kappa shape index (κ3) is 6.22. The van der Waals surface area contributed by atoms with E-state index < -0.39 is 11.6 Å². The average Bonchev–Trinajstić information content (AvgIpc) is 3.58. The van der Waals surface area contributed by atoms with Gasteiger partial charge >= 0.3 is 6.01 Å². The largest absolute Gasteiger partial charge is 0.492 e. The monoisotopic (exact) mass is 554 g/mol. The van der Waals surface area contributed by atoms with Gasteiger partial charge in [0.05, 0.1) is 12.8 Å². The summed E-state index contributed by atoms with van der Waals surface area (Å²) in [5, 5.41) is 4.09. The van der Waals surface area contributed by atoms with Crippen molar-refractivity contribution in [1.29, 1.82) is 0 Å². The highest BCUT2D eigenvalue weighted by Gasteiger charge is 2.34. The van der Waals surface area contributed by atoms with E-state index in [9.17, 15) is 8.78 Å². The SMILES string of the molecule is Cc1cc(OCC[C@@H](C)C2CCN(c3nc(C(C)C)no3)CC2)cnc1N1C[C@H](c2cc(F)ccc2F)[C@@H](N)C1. The minimum atomic E-state index is -0.457. The third-order valence-electron chi connectivity index (χ3n) is 8.45. The number of ether oxygens (including phenoxy) is 1. The molecule has 0 unspecified atom stereocenters. The quantitative estimate of drug-likeness (QED) is 0.375. The van der Waals surface area contributed by atoms with Crippen LogP contribution in [0.1, 0.15) is 68.8 Å². The van der Waals surface area contributed by atoms with Crippen LogP contribution in [0, 0.1) is 30.4 Å². The van der Waals surface area contributed by atoms with Crippen LogP contribution in [0.2, 0.25) is 0 Å². The standard InChI is InChI=1S/C30H40F2N6O2/c1-18(2)28-35-30(40-36-28)37-10-7-21(8-11-37)19(3)9-12-39-23-13-20(4)29(34-15-23)38-16-25(27(33)17-38)24-14-22(31)5-6-26(24)32/h5-6,13-15,18-19,21,25,27H,7-12,16-17,33H2,1-4H3/t19-,25-,27+/m1/s1. The van der Waals surface area contributed by atoms with Crippen LogP contribution >= 0.6 is 0 Å². The molecule has 1 aromatic carbocycles. The van der Waals surface area contributed by atoms with Crippen LogP contribution in [0.4, 0.5) is 20.6 Å². The van der Waals surface area contributed by atoms with E-state index in [1.807, 2.05) is 17.9 Å². The number of anilines is 2. The lowest BCUT2D eigenvalue weighted by atomic mass is 9.84. The number of piperidine rings is 1. The molecule has 40 heavy (non-hydrogen) atoms. The van der Waals surface area contributed by atoms with E-state index in [1.54, 1.807) is 6.20 Å². The molecule has 4 heterocycles. The Morgan fingerprint density at radius 3 is 2.58 bits per heavy atom. The molecule has 0 aliphatic carbocycles. The van der Waals surface area contributed by atoms with E-state index in [2.05, 4.69) is 40.8 Å². The van der Waals surface area contributed by atoms with Gasteiger partial charge in [-0.15, -0.1) is 0 Å². The van der Waals surface area contributed by atoms with Crippen molar-refractivity contribution in [3.8, 4) is 5.75 Å². The molecule has 2 fully saturated rings. The van der Waals surface area contributed by atoms with Gasteiger partial charge in [0.15, 0.2) is 5.82 Å². The van der Waals surface area contributed by atoms with Crippen molar-refractivity contribution >= 4 is 11.8 Å². The van der Waals surface area contributed by atoms with E-state index in [0.717, 1.165) is 67.4 Å². The lowest BCUT2D eigenvalue weighted by Crippen LogP contribution is -2.36. The summed E-state index contributed by atoms with van der Waals surface area (Å²) in [6, 6.07) is 5.86. The highest BCUT2D eigenvalue weighted by molar-refractivity contribution is 5.51. The van der Waals surface area contributed by atoms with E-state index in [1.165, 1.54) is 6.07 Å². The zero-order valence-corrected chi connectivity index (χ0v) is 23.8. The Balaban J connectivity index is 1.10. The van der Waals surface area contributed by atoms with E-state index in [4.69, 9.17) is 15.0 Å². The molecule has 5 rings (SSSR count). The molecule has 2 saturated heterocycles. The van der Waals surface area contributed by atoms with Gasteiger partial charge < -0.3 is 24.8 Å². The van der Waals surface area contributed by atoms with Gasteiger partial charge in [-0.2, -0.15) is 4.98 Å². The van der Waals surface area contributed by atoms with Crippen LogP contribution in [0.25, 0.3) is 0 Å². The van der Waals surface area contributed by atoms with Crippen molar-refractivity contribution < 1.29 is 18.0 Å². The van der Waals surface area contributed by atoms with Crippen molar-refractivity contribution in [2.45, 2.75) is 64.8 Å². The summed E-state index contributed by atoms with van der Waals surface area (Å²) >= 11 is 0. The second kappa shape index (κ2) is 12.1. The summed E-state index contributed by atoms with van der Waals surface area (Å²) in [7, 11) is 0. The molecular formula is C30H40F2N6O2. The number of nitrogens with zero attached hydrogens (tertiary/aromatic N) is 5. The molecule has 3 aromatic rings. The molecule has 2 aliphatic rings. The lowest BCUT2D eigenvalue weighted by Gasteiger charge is -2.33. The summed E-state index contributed by atoms with van der Waals surface area (Å²) in [4.78, 5) is 13.4. The summed E-state index contributed by atoms with van der Waals surface area (Å²) in [5.74, 6) is 2.53. The Morgan fingerprint density at radius 2 is 1.88 bits per heavy atom. The number of halogens is 2. The number of nitrogens with two attached hydrogens (primary N) is 1. The molecule has 0 bridgehead atoms. The molecule has 0 saturated carbocycles. The van der Waals surface area contributed by atoms with E-state index in [0.29, 0.717) is 43.1 Å². The maximum absolute atomic E-state index is 14.4. The predicted octanol–water partition coefficient (Wildman–Crippen LogP) is 5.43. The Hall–Kier alpha value is -3.27. The van der Waals surface area contributed by atoms with Crippen molar-refractivity contribution in [2.24, 2.45) is 17.6 Å². The maximum Gasteiger partial charge on any atom is 0.324 e. The molecule has 8 nitrogen and oxygen atoms in total. The van der Waals surface area contributed by atoms with Crippen molar-refractivity contribution in [3.05, 3.63) is 59.0 Å². The zero-order valence-electron chi connectivity index (χ0n) is 23.8. The number of aromatic nitrogens is 3. The number of rotatable bonds is 9. The maximum atomic E-state index is 14.4. The molecule has 2 aromatic heterocycles. The Morgan fingerprint density at radius 1 is 1.10 bits per heavy atom. The fourth-order valence-electron chi connectivity index (χ4n) is 5.93. The van der Waals surface area contributed by atoms with Crippen LogP contribution in [-0.2, 0) is 0 Å². The first-order valence-electron chi connectivity index (χ1n) is 14.3. The van der Waals surface area contributed by atoms with Gasteiger partial charge in [0, 0.05) is 44.1 Å². The summed E-state index contributed by atoms with van der Waals surface area (Å²) in [5.41, 5.74) is 7.63. The second-order valence-electron chi connectivity index (χ2n) is 11.7. The Labute approximate surface area is 234 Å². The Bertz CT molecular complexity index is 1290. The number of hydrogen-bond donors (Lipinski definition) is 1. The van der Waals surface area contributed by atoms with Gasteiger partial charge in [-0.05, 0) is 73.4 Å². The van der Waals surface area contributed by atoms with Gasteiger partial charge in [0.25, 0.3) is 0 Å². The van der Waals surface area contributed by atoms with Crippen molar-refractivity contribution in [3.63, 3.8) is 0 Å². The highest BCUT2D eigenvalue weighted by atomic mass is 19.1. The zero-order chi connectivity index (χ0) is 28.4. The number of pyridine rings is 1. The molecule has 0 spiro atoms. The molecule has 2 aliphatic heterocycles. The van der Waals surface area contributed by atoms with E-state index >= 15 is 0 Å². The topological polar surface area (TPSA) is 93.5 Å². The molecule has 0 amide bonds. The first kappa shape index (κ1) is 28.3. The number of aryl methyl sites for hydroxylation is 1. The first-order valence-corrected chi connectivity index (χ1v) is 14.3. The highest BCUT2D eigenvalue weighted by Crippen LogP contribution is 2.34. The van der Waals surface area contributed by atoms with Crippen LogP contribution in [0.5, 0.6) is 5.75 Å². The minimum Gasteiger partial charge on any atom is -0.492 e. The number of benzene rings is 1. The van der Waals surface area contributed by atoms with Crippen LogP contribution in [0.3, 0.4) is 0 Å². The van der Waals surface area contributed by atoms with Crippen LogP contribution in [-0.4, -0.2) is 54.0 Å². The molecule has 3 atom stereocenters. The summed E-state index contributed by atoms with van der Waals surface area (Å²) < 4.78 is 39.7. The van der Waals surface area contributed by atoms with Crippen LogP contribution < -0.4 is 20.3 Å². The first-order chi connectivity index (χ1) is 19.2. The summed E-state index contributed by atoms with van der Waals surface area (Å²) in [6.07, 6.45) is 4.89. The van der Waals surface area contributed by atoms with Gasteiger partial charge in [-0.3, -0.25) is 0 Å². The lowest BCUT2D eigenvalue weighted by molar-refractivity contribution is 0.220. The molecule has 2 N–H and O–H groups in total. The summed E-state index contributed by atoms with van der Waals surface area (Å²) in [6.45, 7) is 11.9. The van der Waals surface area contributed by atoms with E-state index in [-0.39, 0.29) is 17.9 Å². The fraction of sp³-hybridized carbons (Fsp3) is 0.567. The van der Waals surface area contributed by atoms with Gasteiger partial charge in [-0.1, -0.05) is 25.9 Å². The minimum absolute atomic E-state index is 0.258. The smallest absolute Gasteiger partial charge is 0.324 e. The average molecular weight is 555 g/mol. The predicted molar refractivity (Wildman–Crippen MR) is 151 cm³/mol. The van der Waals surface area contributed by atoms with Crippen molar-refractivity contribution in [2.75, 3.05) is 42.6 Å². The third-order valence-corrected chi connectivity index (χ3v) is 8.45. The Kier molecular flexibility index (Phi) is 8.54. The fourth-order valence-corrected chi connectivity index (χ4v) is 5.93. The van der Waals surface area contributed by atoms with Crippen LogP contribution in [0.15, 0.2) is 35.0 Å². The molecular weight excluding hydrogens is 514 g/mol. The molecule has 10 heteroatoms.